The second-order valence-corrected chi connectivity index (χ2v) is 8.81. The van der Waals surface area contributed by atoms with Crippen LogP contribution in [0.3, 0.4) is 0 Å². The number of nitrogens with one attached hydrogen (secondary N) is 1. The minimum Gasteiger partial charge on any atom is -0.477 e. The van der Waals surface area contributed by atoms with Crippen molar-refractivity contribution < 1.29 is 19.1 Å². The van der Waals surface area contributed by atoms with Crippen molar-refractivity contribution in [2.24, 2.45) is 0 Å². The number of para-hydroxylation sites is 1. The molecule has 5 rings (SSSR count). The predicted molar refractivity (Wildman–Crippen MR) is 128 cm³/mol. The van der Waals surface area contributed by atoms with E-state index in [2.05, 4.69) is 27.1 Å². The van der Waals surface area contributed by atoms with Crippen molar-refractivity contribution in [3.63, 3.8) is 0 Å². The minimum absolute atomic E-state index is 0.0386. The quantitative estimate of drug-likeness (QED) is 0.766. The summed E-state index contributed by atoms with van der Waals surface area (Å²) in [5.41, 5.74) is 3.24. The number of benzene rings is 2. The molecular weight excluding hydrogens is 420 g/mol. The van der Waals surface area contributed by atoms with Gasteiger partial charge in [-0.3, -0.25) is 9.59 Å². The highest BCUT2D eigenvalue weighted by atomic mass is 16.5. The molecule has 2 aromatic rings. The van der Waals surface area contributed by atoms with Crippen LogP contribution in [0, 0.1) is 0 Å². The number of piperazine rings is 1. The number of fused-ring (bicyclic) bond motifs is 1. The normalized spacial score (nSPS) is 21.4. The second kappa shape index (κ2) is 9.41. The molecule has 0 spiro atoms. The van der Waals surface area contributed by atoms with Crippen LogP contribution in [-0.2, 0) is 9.53 Å². The van der Waals surface area contributed by atoms with Crippen LogP contribution in [0.15, 0.2) is 42.5 Å². The number of hydrogen-bond donors (Lipinski definition) is 1. The number of carbonyl (C=O) groups excluding carboxylic acids is 2. The van der Waals surface area contributed by atoms with Crippen molar-refractivity contribution >= 4 is 28.8 Å². The first-order valence-corrected chi connectivity index (χ1v) is 11.6. The number of carbonyl (C=O) groups is 2. The average Bonchev–Trinajstić information content (AvgIpc) is 2.85. The number of morpholine rings is 1. The molecule has 174 valence electrons. The Morgan fingerprint density at radius 3 is 2.39 bits per heavy atom. The third-order valence-electron chi connectivity index (χ3n) is 6.57. The first-order chi connectivity index (χ1) is 16.1. The molecule has 3 heterocycles. The maximum Gasteiger partial charge on any atom is 0.265 e. The van der Waals surface area contributed by atoms with Crippen LogP contribution in [0.5, 0.6) is 5.75 Å². The van der Waals surface area contributed by atoms with Crippen molar-refractivity contribution in [1.29, 1.82) is 0 Å². The van der Waals surface area contributed by atoms with Crippen LogP contribution in [0.2, 0.25) is 0 Å². The van der Waals surface area contributed by atoms with E-state index in [9.17, 15) is 9.59 Å². The lowest BCUT2D eigenvalue weighted by Gasteiger charge is -2.36. The Bertz CT molecular complexity index is 1010. The van der Waals surface area contributed by atoms with Crippen LogP contribution >= 0.6 is 0 Å². The maximum absolute atomic E-state index is 13.0. The van der Waals surface area contributed by atoms with Gasteiger partial charge in [0.25, 0.3) is 5.91 Å². The Kier molecular flexibility index (Phi) is 6.20. The number of likely N-dealkylation sites (N-methyl/N-ethyl adjacent to an activating group) is 1. The third-order valence-corrected chi connectivity index (χ3v) is 6.57. The molecular formula is C25H30N4O4. The van der Waals surface area contributed by atoms with Crippen LogP contribution in [0.4, 0.5) is 17.1 Å². The molecule has 2 fully saturated rings. The average molecular weight is 451 g/mol. The summed E-state index contributed by atoms with van der Waals surface area (Å²) in [6, 6.07) is 13.4. The molecule has 3 aliphatic heterocycles. The molecule has 1 N–H and O–H groups in total. The summed E-state index contributed by atoms with van der Waals surface area (Å²) in [5, 5.41) is 2.92. The Balaban J connectivity index is 1.28. The van der Waals surface area contributed by atoms with Gasteiger partial charge >= 0.3 is 0 Å². The molecule has 0 aliphatic carbocycles. The van der Waals surface area contributed by atoms with Crippen LogP contribution in [0.25, 0.3) is 0 Å². The molecule has 0 saturated carbocycles. The first-order valence-electron chi connectivity index (χ1n) is 11.6. The molecule has 2 aromatic carbocycles. The van der Waals surface area contributed by atoms with E-state index in [-0.39, 0.29) is 18.1 Å². The Morgan fingerprint density at radius 2 is 1.67 bits per heavy atom. The van der Waals surface area contributed by atoms with E-state index in [1.807, 2.05) is 36.4 Å². The van der Waals surface area contributed by atoms with Gasteiger partial charge in [0.15, 0.2) is 17.6 Å². The van der Waals surface area contributed by atoms with Crippen molar-refractivity contribution in [3.8, 4) is 5.75 Å². The summed E-state index contributed by atoms with van der Waals surface area (Å²) in [5.74, 6) is 0.164. The van der Waals surface area contributed by atoms with Gasteiger partial charge in [-0.1, -0.05) is 6.07 Å². The zero-order chi connectivity index (χ0) is 22.8. The molecule has 33 heavy (non-hydrogen) atoms. The minimum atomic E-state index is -0.850. The van der Waals surface area contributed by atoms with Crippen molar-refractivity contribution in [2.45, 2.75) is 12.5 Å². The topological polar surface area (TPSA) is 74.3 Å². The third kappa shape index (κ3) is 4.67. The molecule has 0 bridgehead atoms. The van der Waals surface area contributed by atoms with Gasteiger partial charge in [-0.2, -0.15) is 0 Å². The standard InChI is InChI=1S/C25H30N4O4/c1-27-9-11-29(12-10-27)21-4-2-3-20-22(30)17-23(33-24(20)21)25(31)26-18-5-7-19(8-6-18)28-13-15-32-16-14-28/h2-8,23H,9-17H2,1H3,(H,26,31). The molecule has 1 amide bonds. The van der Waals surface area contributed by atoms with Crippen molar-refractivity contribution in [3.05, 3.63) is 48.0 Å². The maximum atomic E-state index is 13.0. The second-order valence-electron chi connectivity index (χ2n) is 8.81. The lowest BCUT2D eigenvalue weighted by Crippen LogP contribution is -2.45. The number of anilines is 3. The number of hydrogen-bond acceptors (Lipinski definition) is 7. The molecule has 0 aromatic heterocycles. The molecule has 2 saturated heterocycles. The predicted octanol–water partition coefficient (Wildman–Crippen LogP) is 2.25. The summed E-state index contributed by atoms with van der Waals surface area (Å²) in [4.78, 5) is 32.6. The van der Waals surface area contributed by atoms with Crippen molar-refractivity contribution in [1.82, 2.24) is 4.90 Å². The van der Waals surface area contributed by atoms with Crippen LogP contribution in [-0.4, -0.2) is 82.2 Å². The zero-order valence-electron chi connectivity index (χ0n) is 19.0. The summed E-state index contributed by atoms with van der Waals surface area (Å²) < 4.78 is 11.6. The summed E-state index contributed by atoms with van der Waals surface area (Å²) >= 11 is 0. The van der Waals surface area contributed by atoms with Crippen LogP contribution in [0.1, 0.15) is 16.8 Å². The monoisotopic (exact) mass is 450 g/mol. The van der Waals surface area contributed by atoms with Gasteiger partial charge < -0.3 is 29.5 Å². The SMILES string of the molecule is CN1CCN(c2cccc3c2OC(C(=O)Nc2ccc(N4CCOCC4)cc2)CC3=O)CC1. The Morgan fingerprint density at radius 1 is 0.939 bits per heavy atom. The highest BCUT2D eigenvalue weighted by molar-refractivity contribution is 6.06. The van der Waals surface area contributed by atoms with E-state index in [0.29, 0.717) is 17.0 Å². The zero-order valence-corrected chi connectivity index (χ0v) is 19.0. The molecule has 8 heteroatoms. The van der Waals surface area contributed by atoms with E-state index in [1.165, 1.54) is 0 Å². The fourth-order valence-electron chi connectivity index (χ4n) is 4.57. The van der Waals surface area contributed by atoms with Gasteiger partial charge in [-0.05, 0) is 43.4 Å². The fraction of sp³-hybridized carbons (Fsp3) is 0.440. The molecule has 8 nitrogen and oxygen atoms in total. The van der Waals surface area contributed by atoms with Gasteiger partial charge in [0.05, 0.1) is 30.9 Å². The van der Waals surface area contributed by atoms with Crippen molar-refractivity contribution in [2.75, 3.05) is 74.6 Å². The highest BCUT2D eigenvalue weighted by Gasteiger charge is 2.34. The fourth-order valence-corrected chi connectivity index (χ4v) is 4.57. The largest absolute Gasteiger partial charge is 0.477 e. The molecule has 1 unspecified atom stereocenters. The highest BCUT2D eigenvalue weighted by Crippen LogP contribution is 2.38. The summed E-state index contributed by atoms with van der Waals surface area (Å²) in [6.45, 7) is 6.78. The van der Waals surface area contributed by atoms with Gasteiger partial charge in [0.2, 0.25) is 0 Å². The Hall–Kier alpha value is -3.10. The molecule has 0 radical (unpaired) electrons. The van der Waals surface area contributed by atoms with E-state index in [4.69, 9.17) is 9.47 Å². The summed E-state index contributed by atoms with van der Waals surface area (Å²) in [6.07, 6.45) is -0.811. The number of nitrogens with zero attached hydrogens (tertiary/aromatic N) is 3. The van der Waals surface area contributed by atoms with Gasteiger partial charge in [0.1, 0.15) is 0 Å². The van der Waals surface area contributed by atoms with E-state index >= 15 is 0 Å². The smallest absolute Gasteiger partial charge is 0.265 e. The Labute approximate surface area is 194 Å². The lowest BCUT2D eigenvalue weighted by molar-refractivity contribution is -0.122. The van der Waals surface area contributed by atoms with E-state index < -0.39 is 6.10 Å². The van der Waals surface area contributed by atoms with Gasteiger partial charge in [-0.15, -0.1) is 0 Å². The number of ketones is 1. The molecule has 1 atom stereocenters. The number of Topliss-reactive ketones (excluding diaryl/α,β-unsaturated/α-hetero) is 1. The number of ether oxygens (including phenoxy) is 2. The van der Waals surface area contributed by atoms with E-state index in [1.54, 1.807) is 6.07 Å². The number of rotatable bonds is 4. The summed E-state index contributed by atoms with van der Waals surface area (Å²) in [7, 11) is 2.10. The molecule has 3 aliphatic rings. The number of amides is 1. The van der Waals surface area contributed by atoms with E-state index in [0.717, 1.165) is 63.9 Å². The van der Waals surface area contributed by atoms with Crippen LogP contribution < -0.4 is 19.9 Å². The lowest BCUT2D eigenvalue weighted by atomic mass is 9.98. The van der Waals surface area contributed by atoms with Gasteiger partial charge in [0, 0.05) is 50.6 Å². The van der Waals surface area contributed by atoms with Gasteiger partial charge in [-0.25, -0.2) is 0 Å². The first kappa shape index (κ1) is 21.7.